The summed E-state index contributed by atoms with van der Waals surface area (Å²) in [5.74, 6) is 0. The third kappa shape index (κ3) is 2.12. The molecular formula is C18H28Si. The number of hydrogen-bond acceptors (Lipinski definition) is 0. The molecule has 2 rings (SSSR count). The van der Waals surface area contributed by atoms with Gasteiger partial charge in [0.2, 0.25) is 0 Å². The van der Waals surface area contributed by atoms with Crippen molar-refractivity contribution in [2.45, 2.75) is 67.5 Å². The normalized spacial score (nSPS) is 21.5. The lowest BCUT2D eigenvalue weighted by molar-refractivity contribution is 1.16. The maximum absolute atomic E-state index is 2.56. The van der Waals surface area contributed by atoms with Crippen molar-refractivity contribution in [3.63, 3.8) is 0 Å². The molecule has 0 aromatic rings. The van der Waals surface area contributed by atoms with E-state index < -0.39 is 8.07 Å². The van der Waals surface area contributed by atoms with Gasteiger partial charge in [0.05, 0.1) is 0 Å². The van der Waals surface area contributed by atoms with Crippen molar-refractivity contribution in [1.29, 1.82) is 0 Å². The molecule has 0 nitrogen and oxygen atoms in total. The van der Waals surface area contributed by atoms with Gasteiger partial charge in [-0.1, -0.05) is 45.8 Å². The van der Waals surface area contributed by atoms with E-state index in [2.05, 4.69) is 54.6 Å². The summed E-state index contributed by atoms with van der Waals surface area (Å²) >= 11 is 0. The molecule has 2 aliphatic carbocycles. The van der Waals surface area contributed by atoms with Crippen molar-refractivity contribution < 1.29 is 0 Å². The summed E-state index contributed by atoms with van der Waals surface area (Å²) in [5.41, 5.74) is 9.46. The van der Waals surface area contributed by atoms with Crippen LogP contribution in [0.4, 0.5) is 0 Å². The lowest BCUT2D eigenvalue weighted by Crippen LogP contribution is -2.33. The Morgan fingerprint density at radius 1 is 0.579 bits per heavy atom. The van der Waals surface area contributed by atoms with Gasteiger partial charge in [-0.05, 0) is 65.5 Å². The Balaban J connectivity index is 2.43. The van der Waals surface area contributed by atoms with Crippen LogP contribution < -0.4 is 0 Å². The van der Waals surface area contributed by atoms with Gasteiger partial charge < -0.3 is 0 Å². The van der Waals surface area contributed by atoms with Crippen molar-refractivity contribution in [1.82, 2.24) is 0 Å². The minimum absolute atomic E-state index is 1.23. The van der Waals surface area contributed by atoms with E-state index in [1.165, 1.54) is 12.8 Å². The molecule has 0 heterocycles. The fraction of sp³-hybridized carbons (Fsp3) is 0.556. The molecule has 0 aromatic heterocycles. The van der Waals surface area contributed by atoms with Crippen molar-refractivity contribution in [3.8, 4) is 0 Å². The first-order chi connectivity index (χ1) is 8.67. The summed E-state index contributed by atoms with van der Waals surface area (Å²) in [6.07, 6.45) is 2.46. The second kappa shape index (κ2) is 4.62. The first kappa shape index (κ1) is 14.6. The van der Waals surface area contributed by atoms with Gasteiger partial charge in [-0.15, -0.1) is 0 Å². The van der Waals surface area contributed by atoms with E-state index in [0.29, 0.717) is 0 Å². The van der Waals surface area contributed by atoms with Crippen LogP contribution in [0.5, 0.6) is 0 Å². The predicted molar refractivity (Wildman–Crippen MR) is 88.9 cm³/mol. The average molecular weight is 273 g/mol. The van der Waals surface area contributed by atoms with E-state index in [9.17, 15) is 0 Å². The second-order valence-corrected chi connectivity index (χ2v) is 11.5. The molecule has 0 radical (unpaired) electrons. The van der Waals surface area contributed by atoms with Gasteiger partial charge in [0.15, 0.2) is 0 Å². The Bertz CT molecular complexity index is 512. The molecule has 2 aliphatic rings. The quantitative estimate of drug-likeness (QED) is 0.550. The number of hydrogen-bond donors (Lipinski definition) is 0. The molecule has 0 aliphatic heterocycles. The molecule has 104 valence electrons. The lowest BCUT2D eigenvalue weighted by atomic mass is 10.1. The minimum Gasteiger partial charge on any atom is -0.0693 e. The van der Waals surface area contributed by atoms with Crippen LogP contribution in [0, 0.1) is 0 Å². The van der Waals surface area contributed by atoms with E-state index in [4.69, 9.17) is 0 Å². The molecule has 0 amide bonds. The van der Waals surface area contributed by atoms with Crippen LogP contribution in [0.15, 0.2) is 43.8 Å². The van der Waals surface area contributed by atoms with Crippen LogP contribution in [0.2, 0.25) is 13.1 Å². The lowest BCUT2D eigenvalue weighted by Gasteiger charge is -2.29. The standard InChI is InChI=1S/C18H28Si/c1-11-9-17(15(5)13(11)3)19(7,8)18-10-12(2)14(4)16(18)6/h9-10H2,1-8H3. The molecule has 1 heteroatoms. The van der Waals surface area contributed by atoms with Crippen LogP contribution in [0.25, 0.3) is 0 Å². The minimum atomic E-state index is -1.45. The zero-order chi connectivity index (χ0) is 14.5. The van der Waals surface area contributed by atoms with E-state index in [1.807, 2.05) is 0 Å². The van der Waals surface area contributed by atoms with Crippen LogP contribution in [-0.2, 0) is 0 Å². The molecule has 0 saturated carbocycles. The smallest absolute Gasteiger partial charge is 0.0693 e. The summed E-state index contributed by atoms with van der Waals surface area (Å²) in [6, 6.07) is 0. The molecular weight excluding hydrogens is 244 g/mol. The Hall–Kier alpha value is -0.823. The molecule has 0 saturated heterocycles. The first-order valence-electron chi connectivity index (χ1n) is 7.41. The third-order valence-corrected chi connectivity index (χ3v) is 9.82. The molecule has 0 aromatic carbocycles. The summed E-state index contributed by atoms with van der Waals surface area (Å²) < 4.78 is 0. The Morgan fingerprint density at radius 2 is 0.895 bits per heavy atom. The molecule has 0 spiro atoms. The average Bonchev–Trinajstić information content (AvgIpc) is 2.75. The van der Waals surface area contributed by atoms with E-state index >= 15 is 0 Å². The van der Waals surface area contributed by atoms with E-state index in [1.54, 1.807) is 43.8 Å². The highest BCUT2D eigenvalue weighted by Gasteiger charge is 2.37. The SMILES string of the molecule is CC1=C(C)C(C)=C([Si](C)(C)C2=C(C)C(C)=C(C)C2)C1. The monoisotopic (exact) mass is 272 g/mol. The van der Waals surface area contributed by atoms with Gasteiger partial charge in [-0.3, -0.25) is 0 Å². The van der Waals surface area contributed by atoms with Gasteiger partial charge in [0.25, 0.3) is 0 Å². The fourth-order valence-corrected chi connectivity index (χ4v) is 7.74. The molecule has 19 heavy (non-hydrogen) atoms. The van der Waals surface area contributed by atoms with E-state index in [0.717, 1.165) is 0 Å². The second-order valence-electron chi connectivity index (χ2n) is 7.00. The molecule has 0 atom stereocenters. The van der Waals surface area contributed by atoms with Crippen LogP contribution in [0.3, 0.4) is 0 Å². The zero-order valence-corrected chi connectivity index (χ0v) is 14.9. The maximum Gasteiger partial charge on any atom is 0.104 e. The highest BCUT2D eigenvalue weighted by molar-refractivity contribution is 6.91. The summed E-state index contributed by atoms with van der Waals surface area (Å²) in [4.78, 5) is 0. The fourth-order valence-electron chi connectivity index (χ4n) is 3.72. The van der Waals surface area contributed by atoms with Gasteiger partial charge in [-0.2, -0.15) is 0 Å². The van der Waals surface area contributed by atoms with Crippen molar-refractivity contribution >= 4 is 8.07 Å². The predicted octanol–water partition coefficient (Wildman–Crippen LogP) is 5.89. The first-order valence-corrected chi connectivity index (χ1v) is 10.4. The Labute approximate surface area is 120 Å². The summed E-state index contributed by atoms with van der Waals surface area (Å²) in [6.45, 7) is 19.0. The van der Waals surface area contributed by atoms with E-state index in [-0.39, 0.29) is 0 Å². The Morgan fingerprint density at radius 3 is 1.11 bits per heavy atom. The molecule has 0 N–H and O–H groups in total. The molecule has 0 unspecified atom stereocenters. The van der Waals surface area contributed by atoms with Crippen LogP contribution in [0.1, 0.15) is 54.4 Å². The molecule has 0 fully saturated rings. The van der Waals surface area contributed by atoms with Crippen molar-refractivity contribution in [3.05, 3.63) is 43.8 Å². The van der Waals surface area contributed by atoms with Crippen LogP contribution in [-0.4, -0.2) is 8.07 Å². The zero-order valence-electron chi connectivity index (χ0n) is 13.9. The number of allylic oxidation sites excluding steroid dienone is 8. The highest BCUT2D eigenvalue weighted by atomic mass is 28.3. The molecule has 0 bridgehead atoms. The van der Waals surface area contributed by atoms with Gasteiger partial charge in [0.1, 0.15) is 8.07 Å². The van der Waals surface area contributed by atoms with Gasteiger partial charge in [-0.25, -0.2) is 0 Å². The van der Waals surface area contributed by atoms with Crippen molar-refractivity contribution in [2.24, 2.45) is 0 Å². The third-order valence-electron chi connectivity index (χ3n) is 5.70. The van der Waals surface area contributed by atoms with Gasteiger partial charge in [0, 0.05) is 0 Å². The topological polar surface area (TPSA) is 0 Å². The van der Waals surface area contributed by atoms with Crippen molar-refractivity contribution in [2.75, 3.05) is 0 Å². The Kier molecular flexibility index (Phi) is 3.55. The summed E-state index contributed by atoms with van der Waals surface area (Å²) in [5, 5.41) is 3.55. The highest BCUT2D eigenvalue weighted by Crippen LogP contribution is 2.45. The maximum atomic E-state index is 2.56. The summed E-state index contributed by atoms with van der Waals surface area (Å²) in [7, 11) is -1.45. The van der Waals surface area contributed by atoms with Crippen LogP contribution >= 0.6 is 0 Å². The largest absolute Gasteiger partial charge is 0.104 e. The number of rotatable bonds is 2. The van der Waals surface area contributed by atoms with Gasteiger partial charge >= 0.3 is 0 Å².